The van der Waals surface area contributed by atoms with Crippen LogP contribution in [-0.4, -0.2) is 31.7 Å². The van der Waals surface area contributed by atoms with Crippen molar-refractivity contribution in [3.05, 3.63) is 57.2 Å². The van der Waals surface area contributed by atoms with E-state index in [-0.39, 0.29) is 17.5 Å². The Morgan fingerprint density at radius 1 is 1.13 bits per heavy atom. The quantitative estimate of drug-likeness (QED) is 0.624. The van der Waals surface area contributed by atoms with Crippen LogP contribution in [0.15, 0.2) is 41.2 Å². The number of carbonyl (C=O) groups excluding carboxylic acids is 1. The Bertz CT molecular complexity index is 1270. The van der Waals surface area contributed by atoms with Gasteiger partial charge in [0.25, 0.3) is 0 Å². The van der Waals surface area contributed by atoms with Crippen molar-refractivity contribution in [2.75, 3.05) is 22.4 Å². The first-order chi connectivity index (χ1) is 14.0. The number of carbonyl (C=O) groups is 1. The van der Waals surface area contributed by atoms with E-state index in [1.165, 1.54) is 0 Å². The second kappa shape index (κ2) is 8.23. The lowest BCUT2D eigenvalue weighted by molar-refractivity contribution is -0.114. The molecule has 1 heterocycles. The van der Waals surface area contributed by atoms with Crippen LogP contribution >= 0.6 is 11.3 Å². The van der Waals surface area contributed by atoms with Crippen LogP contribution in [0.1, 0.15) is 31.0 Å². The smallest absolute Gasteiger partial charge is 0.308 e. The van der Waals surface area contributed by atoms with Gasteiger partial charge in [-0.05, 0) is 69.2 Å². The molecule has 0 saturated heterocycles. The van der Waals surface area contributed by atoms with E-state index in [0.29, 0.717) is 11.4 Å². The standard InChI is InChI=1S/C21H25N3O4S2/c1-13(2)24-18-9-7-16(11-19(18)29-21(24)26)22-20(25)12-23(30(5,27)28)17-8-6-14(3)15(4)10-17/h6-11,13H,12H2,1-5H3,(H,22,25). The predicted molar refractivity (Wildman–Crippen MR) is 123 cm³/mol. The number of benzene rings is 2. The van der Waals surface area contributed by atoms with E-state index in [9.17, 15) is 18.0 Å². The zero-order chi connectivity index (χ0) is 22.2. The fraction of sp³-hybridized carbons (Fsp3) is 0.333. The van der Waals surface area contributed by atoms with E-state index >= 15 is 0 Å². The van der Waals surface area contributed by atoms with Gasteiger partial charge in [-0.2, -0.15) is 0 Å². The summed E-state index contributed by atoms with van der Waals surface area (Å²) in [7, 11) is -3.65. The number of hydrogen-bond donors (Lipinski definition) is 1. The minimum atomic E-state index is -3.65. The maximum Gasteiger partial charge on any atom is 0.308 e. The highest BCUT2D eigenvalue weighted by atomic mass is 32.2. The lowest BCUT2D eigenvalue weighted by Gasteiger charge is -2.22. The number of anilines is 2. The van der Waals surface area contributed by atoms with Gasteiger partial charge >= 0.3 is 4.87 Å². The lowest BCUT2D eigenvalue weighted by atomic mass is 10.1. The summed E-state index contributed by atoms with van der Waals surface area (Å²) in [6.45, 7) is 7.37. The maximum atomic E-state index is 12.6. The molecule has 0 atom stereocenters. The Balaban J connectivity index is 1.85. The molecule has 0 aliphatic rings. The molecule has 7 nitrogen and oxygen atoms in total. The highest BCUT2D eigenvalue weighted by Gasteiger charge is 2.21. The first-order valence-corrected chi connectivity index (χ1v) is 12.1. The van der Waals surface area contributed by atoms with Crippen molar-refractivity contribution in [1.82, 2.24) is 4.57 Å². The average Bonchev–Trinajstić information content (AvgIpc) is 2.96. The molecule has 0 fully saturated rings. The Morgan fingerprint density at radius 2 is 1.83 bits per heavy atom. The molecule has 30 heavy (non-hydrogen) atoms. The van der Waals surface area contributed by atoms with Crippen molar-refractivity contribution < 1.29 is 13.2 Å². The van der Waals surface area contributed by atoms with E-state index in [0.717, 1.165) is 43.2 Å². The molecule has 3 aromatic rings. The number of sulfonamides is 1. The van der Waals surface area contributed by atoms with Crippen LogP contribution in [0.25, 0.3) is 10.2 Å². The molecule has 0 unspecified atom stereocenters. The Kier molecular flexibility index (Phi) is 6.05. The second-order valence-electron chi connectivity index (χ2n) is 7.60. The molecule has 1 aromatic heterocycles. The third-order valence-electron chi connectivity index (χ3n) is 4.88. The van der Waals surface area contributed by atoms with Gasteiger partial charge in [-0.3, -0.25) is 18.5 Å². The minimum Gasteiger partial charge on any atom is -0.324 e. The number of amides is 1. The summed E-state index contributed by atoms with van der Waals surface area (Å²) in [5.74, 6) is -0.464. The summed E-state index contributed by atoms with van der Waals surface area (Å²) in [5, 5.41) is 2.74. The van der Waals surface area contributed by atoms with Crippen LogP contribution < -0.4 is 14.5 Å². The van der Waals surface area contributed by atoms with Gasteiger partial charge in [0, 0.05) is 11.7 Å². The molecular formula is C21H25N3O4S2. The zero-order valence-corrected chi connectivity index (χ0v) is 19.2. The number of nitrogens with one attached hydrogen (secondary N) is 1. The van der Waals surface area contributed by atoms with Crippen molar-refractivity contribution in [2.24, 2.45) is 0 Å². The van der Waals surface area contributed by atoms with Crippen molar-refractivity contribution in [2.45, 2.75) is 33.7 Å². The van der Waals surface area contributed by atoms with Crippen LogP contribution in [0.3, 0.4) is 0 Å². The second-order valence-corrected chi connectivity index (χ2v) is 10.5. The van der Waals surface area contributed by atoms with E-state index in [1.54, 1.807) is 34.9 Å². The summed E-state index contributed by atoms with van der Waals surface area (Å²) in [5.41, 5.74) is 3.75. The van der Waals surface area contributed by atoms with E-state index < -0.39 is 15.9 Å². The van der Waals surface area contributed by atoms with E-state index in [1.807, 2.05) is 33.8 Å². The molecule has 9 heteroatoms. The highest BCUT2D eigenvalue weighted by Crippen LogP contribution is 2.25. The van der Waals surface area contributed by atoms with Gasteiger partial charge in [0.15, 0.2) is 0 Å². The SMILES string of the molecule is Cc1ccc(N(CC(=O)Nc2ccc3c(c2)sc(=O)n3C(C)C)S(C)(=O)=O)cc1C. The summed E-state index contributed by atoms with van der Waals surface area (Å²) in [6, 6.07) is 10.5. The molecule has 160 valence electrons. The summed E-state index contributed by atoms with van der Waals surface area (Å²) in [6.07, 6.45) is 1.08. The first-order valence-electron chi connectivity index (χ1n) is 9.47. The fourth-order valence-electron chi connectivity index (χ4n) is 3.21. The molecule has 0 aliphatic carbocycles. The molecule has 2 aromatic carbocycles. The number of fused-ring (bicyclic) bond motifs is 1. The van der Waals surface area contributed by atoms with Crippen molar-refractivity contribution >= 4 is 48.9 Å². The third kappa shape index (κ3) is 4.57. The number of aromatic nitrogens is 1. The van der Waals surface area contributed by atoms with Gasteiger partial charge < -0.3 is 5.32 Å². The van der Waals surface area contributed by atoms with E-state index in [2.05, 4.69) is 5.32 Å². The number of hydrogen-bond acceptors (Lipinski definition) is 5. The highest BCUT2D eigenvalue weighted by molar-refractivity contribution is 7.92. The molecule has 1 amide bonds. The predicted octanol–water partition coefficient (Wildman–Crippen LogP) is 3.67. The van der Waals surface area contributed by atoms with Crippen LogP contribution in [0.5, 0.6) is 0 Å². The third-order valence-corrected chi connectivity index (χ3v) is 6.94. The van der Waals surface area contributed by atoms with Gasteiger partial charge in [-0.25, -0.2) is 8.42 Å². The van der Waals surface area contributed by atoms with Gasteiger partial charge in [0.05, 0.1) is 22.2 Å². The van der Waals surface area contributed by atoms with Crippen molar-refractivity contribution in [3.8, 4) is 0 Å². The normalized spacial score (nSPS) is 11.8. The number of rotatable bonds is 6. The molecular weight excluding hydrogens is 422 g/mol. The maximum absolute atomic E-state index is 12.6. The van der Waals surface area contributed by atoms with E-state index in [4.69, 9.17) is 0 Å². The molecule has 0 spiro atoms. The monoisotopic (exact) mass is 447 g/mol. The summed E-state index contributed by atoms with van der Waals surface area (Å²) in [4.78, 5) is 24.8. The Labute approximate surface area is 180 Å². The van der Waals surface area contributed by atoms with Crippen molar-refractivity contribution in [1.29, 1.82) is 0 Å². The molecule has 3 rings (SSSR count). The van der Waals surface area contributed by atoms with Gasteiger partial charge in [-0.1, -0.05) is 17.4 Å². The summed E-state index contributed by atoms with van der Waals surface area (Å²) < 4.78 is 28.2. The molecule has 0 radical (unpaired) electrons. The lowest BCUT2D eigenvalue weighted by Crippen LogP contribution is -2.37. The molecule has 0 aliphatic heterocycles. The van der Waals surface area contributed by atoms with Crippen LogP contribution in [0, 0.1) is 13.8 Å². The average molecular weight is 448 g/mol. The first kappa shape index (κ1) is 22.0. The van der Waals surface area contributed by atoms with Crippen LogP contribution in [0.4, 0.5) is 11.4 Å². The summed E-state index contributed by atoms with van der Waals surface area (Å²) >= 11 is 1.12. The minimum absolute atomic E-state index is 0.0352. The molecule has 0 bridgehead atoms. The number of thiazole rings is 1. The Morgan fingerprint density at radius 3 is 2.43 bits per heavy atom. The largest absolute Gasteiger partial charge is 0.324 e. The Hall–Kier alpha value is -2.65. The zero-order valence-electron chi connectivity index (χ0n) is 17.6. The van der Waals surface area contributed by atoms with Crippen molar-refractivity contribution in [3.63, 3.8) is 0 Å². The molecule has 1 N–H and O–H groups in total. The number of aryl methyl sites for hydroxylation is 2. The van der Waals surface area contributed by atoms with Gasteiger partial charge in [0.1, 0.15) is 6.54 Å². The fourth-order valence-corrected chi connectivity index (χ4v) is 5.12. The van der Waals surface area contributed by atoms with Gasteiger partial charge in [0.2, 0.25) is 15.9 Å². The molecule has 0 saturated carbocycles. The van der Waals surface area contributed by atoms with Crippen LogP contribution in [0.2, 0.25) is 0 Å². The van der Waals surface area contributed by atoms with Gasteiger partial charge in [-0.15, -0.1) is 0 Å². The van der Waals surface area contributed by atoms with Crippen LogP contribution in [-0.2, 0) is 14.8 Å². The number of nitrogens with zero attached hydrogens (tertiary/aromatic N) is 2. The topological polar surface area (TPSA) is 88.5 Å².